The number of para-hydroxylation sites is 1. The summed E-state index contributed by atoms with van der Waals surface area (Å²) in [6.07, 6.45) is 2.23. The molecule has 0 saturated heterocycles. The quantitative estimate of drug-likeness (QED) is 0.614. The summed E-state index contributed by atoms with van der Waals surface area (Å²) in [6.45, 7) is 1.99. The molecule has 2 unspecified atom stereocenters. The van der Waals surface area contributed by atoms with E-state index in [0.29, 0.717) is 29.2 Å². The Bertz CT molecular complexity index is 945. The van der Waals surface area contributed by atoms with Gasteiger partial charge in [-0.2, -0.15) is 0 Å². The number of hydrogen-bond donors (Lipinski definition) is 0. The molecule has 0 aromatic heterocycles. The highest BCUT2D eigenvalue weighted by Gasteiger charge is 2.53. The second-order valence-electron chi connectivity index (χ2n) is 7.06. The van der Waals surface area contributed by atoms with Gasteiger partial charge in [0.15, 0.2) is 5.78 Å². The van der Waals surface area contributed by atoms with E-state index in [1.54, 1.807) is 6.07 Å². The molecule has 1 saturated carbocycles. The summed E-state index contributed by atoms with van der Waals surface area (Å²) < 4.78 is 6.02. The van der Waals surface area contributed by atoms with E-state index in [1.807, 2.05) is 31.2 Å². The minimum Gasteiger partial charge on any atom is -0.484 e. The Morgan fingerprint density at radius 1 is 1.24 bits per heavy atom. The summed E-state index contributed by atoms with van der Waals surface area (Å²) in [4.78, 5) is 24.7. The number of ether oxygens (including phenoxy) is 1. The Hall–Kier alpha value is -2.69. The van der Waals surface area contributed by atoms with Crippen LogP contribution in [-0.4, -0.2) is 10.7 Å². The van der Waals surface area contributed by atoms with E-state index < -0.39 is 12.0 Å². The Morgan fingerprint density at radius 3 is 2.68 bits per heavy atom. The second-order valence-corrected chi connectivity index (χ2v) is 7.06. The fraction of sp³-hybridized carbons (Fsp3) is 0.350. The molecule has 1 aliphatic heterocycles. The minimum absolute atomic E-state index is 0.00903. The van der Waals surface area contributed by atoms with E-state index in [0.717, 1.165) is 29.5 Å². The van der Waals surface area contributed by atoms with E-state index >= 15 is 0 Å². The number of Topliss-reactive ketones (excluding diaryl/α,β-unsaturated/α-hetero) is 1. The molecular formula is C20H17NO4. The van der Waals surface area contributed by atoms with Gasteiger partial charge in [0.1, 0.15) is 11.9 Å². The standard InChI is InChI=1S/C20H17NO4/c1-2-10-9-13(21(23)24)17-18(15(10)11-7-8-11)19(22)16-12-5-3-4-6-14(12)25-20(16)17/h3-6,9,11,16,20H,2,7-8H2,1H3. The molecule has 2 aromatic rings. The molecule has 0 N–H and O–H groups in total. The van der Waals surface area contributed by atoms with Crippen molar-refractivity contribution in [2.24, 2.45) is 0 Å². The molecule has 0 amide bonds. The third-order valence-electron chi connectivity index (χ3n) is 5.66. The highest BCUT2D eigenvalue weighted by atomic mass is 16.6. The van der Waals surface area contributed by atoms with Crippen LogP contribution in [0, 0.1) is 10.1 Å². The van der Waals surface area contributed by atoms with Gasteiger partial charge in [0.05, 0.1) is 16.4 Å². The number of carbonyl (C=O) groups is 1. The van der Waals surface area contributed by atoms with Gasteiger partial charge in [0.2, 0.25) is 0 Å². The lowest BCUT2D eigenvalue weighted by Crippen LogP contribution is -2.09. The first-order chi connectivity index (χ1) is 12.1. The van der Waals surface area contributed by atoms with Crippen molar-refractivity contribution in [2.45, 2.75) is 44.1 Å². The van der Waals surface area contributed by atoms with Crippen LogP contribution in [0.4, 0.5) is 5.69 Å². The second kappa shape index (κ2) is 4.91. The molecule has 1 heterocycles. The number of carbonyl (C=O) groups excluding carboxylic acids is 1. The zero-order valence-corrected chi connectivity index (χ0v) is 13.8. The summed E-state index contributed by atoms with van der Waals surface area (Å²) in [6, 6.07) is 9.14. The number of benzene rings is 2. The van der Waals surface area contributed by atoms with Gasteiger partial charge >= 0.3 is 0 Å². The molecule has 25 heavy (non-hydrogen) atoms. The Balaban J connectivity index is 1.79. The number of hydrogen-bond acceptors (Lipinski definition) is 4. The molecule has 0 bridgehead atoms. The lowest BCUT2D eigenvalue weighted by Gasteiger charge is -2.15. The largest absolute Gasteiger partial charge is 0.484 e. The summed E-state index contributed by atoms with van der Waals surface area (Å²) in [5, 5.41) is 11.7. The summed E-state index contributed by atoms with van der Waals surface area (Å²) >= 11 is 0. The molecule has 1 fully saturated rings. The van der Waals surface area contributed by atoms with Gasteiger partial charge in [0.25, 0.3) is 5.69 Å². The average Bonchev–Trinajstić information content (AvgIpc) is 3.32. The normalized spacial score (nSPS) is 23.0. The molecule has 5 rings (SSSR count). The van der Waals surface area contributed by atoms with Gasteiger partial charge in [-0.1, -0.05) is 25.1 Å². The Morgan fingerprint density at radius 2 is 2.00 bits per heavy atom. The van der Waals surface area contributed by atoms with Crippen LogP contribution in [0.3, 0.4) is 0 Å². The van der Waals surface area contributed by atoms with Crippen molar-refractivity contribution in [3.63, 3.8) is 0 Å². The Labute approximate surface area is 144 Å². The number of rotatable bonds is 3. The van der Waals surface area contributed by atoms with E-state index in [1.165, 1.54) is 0 Å². The maximum atomic E-state index is 13.3. The first-order valence-corrected chi connectivity index (χ1v) is 8.75. The lowest BCUT2D eigenvalue weighted by molar-refractivity contribution is -0.386. The zero-order valence-electron chi connectivity index (χ0n) is 13.8. The van der Waals surface area contributed by atoms with Crippen molar-refractivity contribution in [3.05, 3.63) is 68.3 Å². The van der Waals surface area contributed by atoms with Crippen molar-refractivity contribution in [1.82, 2.24) is 0 Å². The first-order valence-electron chi connectivity index (χ1n) is 8.75. The number of ketones is 1. The summed E-state index contributed by atoms with van der Waals surface area (Å²) in [7, 11) is 0. The summed E-state index contributed by atoms with van der Waals surface area (Å²) in [5.41, 5.74) is 3.94. The van der Waals surface area contributed by atoms with Crippen LogP contribution < -0.4 is 4.74 Å². The first kappa shape index (κ1) is 14.6. The molecule has 0 spiro atoms. The smallest absolute Gasteiger partial charge is 0.277 e. The number of nitro benzene ring substituents is 1. The van der Waals surface area contributed by atoms with Gasteiger partial charge in [-0.05, 0) is 42.4 Å². The molecule has 2 aromatic carbocycles. The molecule has 5 nitrogen and oxygen atoms in total. The number of fused-ring (bicyclic) bond motifs is 5. The van der Waals surface area contributed by atoms with E-state index in [4.69, 9.17) is 4.74 Å². The van der Waals surface area contributed by atoms with Gasteiger partial charge in [-0.15, -0.1) is 0 Å². The van der Waals surface area contributed by atoms with Crippen LogP contribution in [-0.2, 0) is 6.42 Å². The molecule has 126 valence electrons. The van der Waals surface area contributed by atoms with Crippen molar-refractivity contribution >= 4 is 11.5 Å². The molecule has 0 radical (unpaired) electrons. The maximum absolute atomic E-state index is 13.3. The predicted octanol–water partition coefficient (Wildman–Crippen LogP) is 4.45. The van der Waals surface area contributed by atoms with Crippen LogP contribution in [0.2, 0.25) is 0 Å². The van der Waals surface area contributed by atoms with Gasteiger partial charge in [-0.25, -0.2) is 0 Å². The van der Waals surface area contributed by atoms with Gasteiger partial charge < -0.3 is 4.74 Å². The molecule has 5 heteroatoms. The number of nitrogens with zero attached hydrogens (tertiary/aromatic N) is 1. The predicted molar refractivity (Wildman–Crippen MR) is 91.3 cm³/mol. The van der Waals surface area contributed by atoms with Gasteiger partial charge in [-0.3, -0.25) is 14.9 Å². The lowest BCUT2D eigenvalue weighted by atomic mass is 9.90. The third-order valence-corrected chi connectivity index (χ3v) is 5.66. The van der Waals surface area contributed by atoms with Crippen LogP contribution in [0.5, 0.6) is 5.75 Å². The molecular weight excluding hydrogens is 318 g/mol. The summed E-state index contributed by atoms with van der Waals surface area (Å²) in [5.74, 6) is 0.570. The van der Waals surface area contributed by atoms with Crippen LogP contribution in [0.1, 0.15) is 70.3 Å². The van der Waals surface area contributed by atoms with Crippen molar-refractivity contribution in [3.8, 4) is 5.75 Å². The van der Waals surface area contributed by atoms with E-state index in [-0.39, 0.29) is 16.4 Å². The monoisotopic (exact) mass is 335 g/mol. The topological polar surface area (TPSA) is 69.4 Å². The average molecular weight is 335 g/mol. The third kappa shape index (κ3) is 1.86. The van der Waals surface area contributed by atoms with Crippen molar-refractivity contribution in [1.29, 1.82) is 0 Å². The maximum Gasteiger partial charge on any atom is 0.277 e. The van der Waals surface area contributed by atoms with Crippen LogP contribution in [0.15, 0.2) is 30.3 Å². The molecule has 3 aliphatic rings. The van der Waals surface area contributed by atoms with Crippen molar-refractivity contribution < 1.29 is 14.5 Å². The molecule has 2 atom stereocenters. The van der Waals surface area contributed by atoms with Gasteiger partial charge in [0, 0.05) is 17.2 Å². The minimum atomic E-state index is -0.566. The Kier molecular flexibility index (Phi) is 2.87. The highest BCUT2D eigenvalue weighted by Crippen LogP contribution is 2.58. The molecule has 2 aliphatic carbocycles. The van der Waals surface area contributed by atoms with E-state index in [9.17, 15) is 14.9 Å². The van der Waals surface area contributed by atoms with E-state index in [2.05, 4.69) is 0 Å². The van der Waals surface area contributed by atoms with Crippen LogP contribution >= 0.6 is 0 Å². The van der Waals surface area contributed by atoms with Crippen LogP contribution in [0.25, 0.3) is 0 Å². The number of aryl methyl sites for hydroxylation is 1. The fourth-order valence-corrected chi connectivity index (χ4v) is 4.46. The van der Waals surface area contributed by atoms with Crippen molar-refractivity contribution in [2.75, 3.05) is 0 Å². The SMILES string of the molecule is CCc1cc([N+](=O)[O-])c2c(c1C1CC1)C(=O)C1c3ccccc3OC21. The highest BCUT2D eigenvalue weighted by molar-refractivity contribution is 6.09. The fourth-order valence-electron chi connectivity index (χ4n) is 4.46. The number of nitro groups is 1. The zero-order chi connectivity index (χ0) is 17.3.